The Hall–Kier alpha value is -1.69. The molecule has 6 nitrogen and oxygen atoms in total. The predicted octanol–water partition coefficient (Wildman–Crippen LogP) is 0.0819. The Balaban J connectivity index is 2.57. The zero-order chi connectivity index (χ0) is 13.5. The summed E-state index contributed by atoms with van der Waals surface area (Å²) < 4.78 is 4.88. The Kier molecular flexibility index (Phi) is 5.51. The fraction of sp³-hybridized carbons (Fsp3) is 0.583. The summed E-state index contributed by atoms with van der Waals surface area (Å²) in [5.41, 5.74) is 0.778. The molecular weight excluding hydrogens is 234 g/mol. The number of aryl methyl sites for hydroxylation is 2. The average molecular weight is 253 g/mol. The zero-order valence-corrected chi connectivity index (χ0v) is 11.0. The Morgan fingerprint density at radius 1 is 1.44 bits per heavy atom. The number of aromatic nitrogens is 2. The van der Waals surface area contributed by atoms with Crippen molar-refractivity contribution in [3.8, 4) is 0 Å². The number of hydrogen-bond donors (Lipinski definition) is 2. The van der Waals surface area contributed by atoms with Crippen LogP contribution in [0.25, 0.3) is 0 Å². The first-order chi connectivity index (χ1) is 8.54. The Bertz CT molecular complexity index is 468. The molecule has 1 heterocycles. The molecule has 0 aliphatic heterocycles. The van der Waals surface area contributed by atoms with Gasteiger partial charge in [-0.3, -0.25) is 9.59 Å². The fourth-order valence-corrected chi connectivity index (χ4v) is 1.63. The third-order valence-corrected chi connectivity index (χ3v) is 2.53. The van der Waals surface area contributed by atoms with Crippen LogP contribution in [0.5, 0.6) is 0 Å². The van der Waals surface area contributed by atoms with E-state index in [0.29, 0.717) is 30.2 Å². The lowest BCUT2D eigenvalue weighted by Gasteiger charge is -2.06. The van der Waals surface area contributed by atoms with E-state index in [2.05, 4.69) is 15.3 Å². The molecular formula is C12H19N3O3. The average Bonchev–Trinajstić information content (AvgIpc) is 2.29. The van der Waals surface area contributed by atoms with Crippen molar-refractivity contribution in [2.45, 2.75) is 26.7 Å². The van der Waals surface area contributed by atoms with Crippen LogP contribution in [0.3, 0.4) is 0 Å². The lowest BCUT2D eigenvalue weighted by molar-refractivity contribution is -0.120. The van der Waals surface area contributed by atoms with E-state index in [4.69, 9.17) is 4.74 Å². The number of amides is 1. The van der Waals surface area contributed by atoms with Crippen molar-refractivity contribution in [1.82, 2.24) is 15.3 Å². The van der Waals surface area contributed by atoms with Gasteiger partial charge in [-0.05, 0) is 20.3 Å². The summed E-state index contributed by atoms with van der Waals surface area (Å²) in [6, 6.07) is 0. The lowest BCUT2D eigenvalue weighted by atomic mass is 10.1. The van der Waals surface area contributed by atoms with Crippen LogP contribution < -0.4 is 10.9 Å². The first kappa shape index (κ1) is 14.4. The van der Waals surface area contributed by atoms with E-state index in [1.165, 1.54) is 0 Å². The van der Waals surface area contributed by atoms with E-state index in [-0.39, 0.29) is 17.9 Å². The number of H-pyrrole nitrogens is 1. The third kappa shape index (κ3) is 4.29. The molecule has 1 aromatic rings. The first-order valence-electron chi connectivity index (χ1n) is 5.86. The molecule has 1 amide bonds. The van der Waals surface area contributed by atoms with Crippen LogP contribution in [-0.2, 0) is 16.0 Å². The van der Waals surface area contributed by atoms with Crippen LogP contribution >= 0.6 is 0 Å². The van der Waals surface area contributed by atoms with Gasteiger partial charge in [-0.25, -0.2) is 4.98 Å². The van der Waals surface area contributed by atoms with Gasteiger partial charge in [0.2, 0.25) is 5.91 Å². The maximum Gasteiger partial charge on any atom is 0.254 e. The summed E-state index contributed by atoms with van der Waals surface area (Å²) in [5.74, 6) is 0.382. The van der Waals surface area contributed by atoms with E-state index in [9.17, 15) is 9.59 Å². The van der Waals surface area contributed by atoms with Gasteiger partial charge < -0.3 is 15.0 Å². The largest absolute Gasteiger partial charge is 0.385 e. The predicted molar refractivity (Wildman–Crippen MR) is 67.5 cm³/mol. The number of aromatic amines is 1. The topological polar surface area (TPSA) is 84.1 Å². The maximum atomic E-state index is 11.7. The van der Waals surface area contributed by atoms with Gasteiger partial charge in [-0.15, -0.1) is 0 Å². The molecule has 0 aromatic carbocycles. The summed E-state index contributed by atoms with van der Waals surface area (Å²) in [6.45, 7) is 4.59. The quantitative estimate of drug-likeness (QED) is 0.703. The van der Waals surface area contributed by atoms with E-state index >= 15 is 0 Å². The van der Waals surface area contributed by atoms with Gasteiger partial charge in [0.1, 0.15) is 5.82 Å². The van der Waals surface area contributed by atoms with Gasteiger partial charge in [0.05, 0.1) is 6.42 Å². The molecule has 100 valence electrons. The molecule has 2 N–H and O–H groups in total. The van der Waals surface area contributed by atoms with Gasteiger partial charge >= 0.3 is 0 Å². The number of carbonyl (C=O) groups is 1. The number of hydrogen-bond acceptors (Lipinski definition) is 4. The minimum atomic E-state index is -0.243. The van der Waals surface area contributed by atoms with Crippen LogP contribution in [0, 0.1) is 13.8 Å². The van der Waals surface area contributed by atoms with Crippen molar-refractivity contribution in [3.05, 3.63) is 27.4 Å². The number of ether oxygens (including phenoxy) is 1. The summed E-state index contributed by atoms with van der Waals surface area (Å²) in [4.78, 5) is 30.0. The maximum absolute atomic E-state index is 11.7. The number of rotatable bonds is 6. The summed E-state index contributed by atoms with van der Waals surface area (Å²) in [6.07, 6.45) is 0.811. The summed E-state index contributed by atoms with van der Waals surface area (Å²) in [5, 5.41) is 2.74. The normalized spacial score (nSPS) is 10.4. The number of nitrogens with one attached hydrogen (secondary N) is 2. The van der Waals surface area contributed by atoms with Gasteiger partial charge in [-0.1, -0.05) is 0 Å². The van der Waals surface area contributed by atoms with Crippen LogP contribution in [0.1, 0.15) is 23.5 Å². The Labute approximate surface area is 106 Å². The summed E-state index contributed by atoms with van der Waals surface area (Å²) in [7, 11) is 1.61. The van der Waals surface area contributed by atoms with E-state index in [0.717, 1.165) is 6.42 Å². The van der Waals surface area contributed by atoms with E-state index in [1.54, 1.807) is 21.0 Å². The molecule has 1 rings (SSSR count). The minimum absolute atomic E-state index is 0.0570. The van der Waals surface area contributed by atoms with Crippen molar-refractivity contribution in [1.29, 1.82) is 0 Å². The summed E-state index contributed by atoms with van der Waals surface area (Å²) >= 11 is 0. The highest BCUT2D eigenvalue weighted by molar-refractivity contribution is 5.78. The highest BCUT2D eigenvalue weighted by Crippen LogP contribution is 1.99. The van der Waals surface area contributed by atoms with Crippen molar-refractivity contribution in [2.75, 3.05) is 20.3 Å². The SMILES string of the molecule is COCCCNC(=O)Cc1c(C)nc(C)[nH]c1=O. The van der Waals surface area contributed by atoms with Gasteiger partial charge in [-0.2, -0.15) is 0 Å². The molecule has 1 aromatic heterocycles. The van der Waals surface area contributed by atoms with E-state index in [1.807, 2.05) is 0 Å². The molecule has 0 unspecified atom stereocenters. The highest BCUT2D eigenvalue weighted by Gasteiger charge is 2.11. The van der Waals surface area contributed by atoms with E-state index < -0.39 is 0 Å². The second-order valence-corrected chi connectivity index (χ2v) is 4.09. The molecule has 6 heteroatoms. The van der Waals surface area contributed by atoms with Crippen molar-refractivity contribution in [3.63, 3.8) is 0 Å². The molecule has 0 atom stereocenters. The lowest BCUT2D eigenvalue weighted by Crippen LogP contribution is -2.30. The second-order valence-electron chi connectivity index (χ2n) is 4.09. The molecule has 0 saturated carbocycles. The van der Waals surface area contributed by atoms with Crippen LogP contribution in [-0.4, -0.2) is 36.1 Å². The smallest absolute Gasteiger partial charge is 0.254 e. The molecule has 0 radical (unpaired) electrons. The van der Waals surface area contributed by atoms with Gasteiger partial charge in [0.25, 0.3) is 5.56 Å². The minimum Gasteiger partial charge on any atom is -0.385 e. The van der Waals surface area contributed by atoms with Crippen molar-refractivity contribution in [2.24, 2.45) is 0 Å². The second kappa shape index (κ2) is 6.90. The Morgan fingerprint density at radius 2 is 2.17 bits per heavy atom. The molecule has 0 fully saturated rings. The zero-order valence-electron chi connectivity index (χ0n) is 11.0. The first-order valence-corrected chi connectivity index (χ1v) is 5.86. The fourth-order valence-electron chi connectivity index (χ4n) is 1.63. The van der Waals surface area contributed by atoms with Crippen LogP contribution in [0.15, 0.2) is 4.79 Å². The standard InChI is InChI=1S/C12H19N3O3/c1-8-10(12(17)15-9(2)14-8)7-11(16)13-5-4-6-18-3/h4-7H2,1-3H3,(H,13,16)(H,14,15,17). The molecule has 0 aliphatic rings. The van der Waals surface area contributed by atoms with Crippen LogP contribution in [0.4, 0.5) is 0 Å². The van der Waals surface area contributed by atoms with Crippen LogP contribution in [0.2, 0.25) is 0 Å². The highest BCUT2D eigenvalue weighted by atomic mass is 16.5. The number of carbonyl (C=O) groups excluding carboxylic acids is 1. The van der Waals surface area contributed by atoms with Crippen molar-refractivity contribution >= 4 is 5.91 Å². The molecule has 0 bridgehead atoms. The number of nitrogens with zero attached hydrogens (tertiary/aromatic N) is 1. The van der Waals surface area contributed by atoms with Crippen molar-refractivity contribution < 1.29 is 9.53 Å². The molecule has 0 spiro atoms. The third-order valence-electron chi connectivity index (χ3n) is 2.53. The molecule has 18 heavy (non-hydrogen) atoms. The number of methoxy groups -OCH3 is 1. The molecule has 0 aliphatic carbocycles. The molecule has 0 saturated heterocycles. The van der Waals surface area contributed by atoms with Gasteiger partial charge in [0, 0.05) is 31.5 Å². The monoisotopic (exact) mass is 253 g/mol. The Morgan fingerprint density at radius 3 is 2.78 bits per heavy atom. The van der Waals surface area contributed by atoms with Gasteiger partial charge in [0.15, 0.2) is 0 Å².